The number of hydrogen-bond acceptors (Lipinski definition) is 4. The van der Waals surface area contributed by atoms with Gasteiger partial charge in [-0.25, -0.2) is 0 Å². The summed E-state index contributed by atoms with van der Waals surface area (Å²) in [6, 6.07) is 0.342. The Labute approximate surface area is 140 Å². The van der Waals surface area contributed by atoms with Gasteiger partial charge in [-0.3, -0.25) is 4.68 Å². The van der Waals surface area contributed by atoms with Crippen molar-refractivity contribution in [1.29, 1.82) is 0 Å². The maximum absolute atomic E-state index is 5.19. The monoisotopic (exact) mass is 375 g/mol. The molecule has 1 heterocycles. The molecule has 1 N–H and O–H groups in total. The van der Waals surface area contributed by atoms with Gasteiger partial charge in [0.25, 0.3) is 0 Å². The van der Waals surface area contributed by atoms with Crippen LogP contribution in [-0.2, 0) is 11.3 Å². The molecular formula is C15H26BrN3OS. The molecule has 2 rings (SSSR count). The van der Waals surface area contributed by atoms with Gasteiger partial charge in [0.15, 0.2) is 0 Å². The maximum Gasteiger partial charge on any atom is 0.0705 e. The van der Waals surface area contributed by atoms with Crippen molar-refractivity contribution in [2.24, 2.45) is 0 Å². The van der Waals surface area contributed by atoms with Gasteiger partial charge in [0.1, 0.15) is 0 Å². The second-order valence-corrected chi connectivity index (χ2v) is 7.63. The Kier molecular flexibility index (Phi) is 7.57. The lowest BCUT2D eigenvalue weighted by molar-refractivity contribution is 0.182. The van der Waals surface area contributed by atoms with E-state index < -0.39 is 0 Å². The molecular weight excluding hydrogens is 350 g/mol. The van der Waals surface area contributed by atoms with Crippen molar-refractivity contribution in [3.8, 4) is 0 Å². The number of halogens is 1. The van der Waals surface area contributed by atoms with E-state index >= 15 is 0 Å². The first-order chi connectivity index (χ1) is 10.3. The van der Waals surface area contributed by atoms with E-state index in [0.717, 1.165) is 28.6 Å². The molecule has 0 saturated heterocycles. The zero-order valence-electron chi connectivity index (χ0n) is 13.0. The van der Waals surface area contributed by atoms with E-state index in [4.69, 9.17) is 4.74 Å². The molecule has 1 saturated carbocycles. The summed E-state index contributed by atoms with van der Waals surface area (Å²) in [5.74, 6) is 1.11. The second-order valence-electron chi connectivity index (χ2n) is 5.44. The van der Waals surface area contributed by atoms with Crippen molar-refractivity contribution in [3.63, 3.8) is 0 Å². The standard InChI is InChI=1S/C15H26BrN3OS/c1-3-17-14(11-21-12-6-4-5-7-12)15-13(16)10-18-19(15)8-9-20-2/h10,12,14,17H,3-9,11H2,1-2H3. The molecule has 0 amide bonds. The summed E-state index contributed by atoms with van der Waals surface area (Å²) in [5, 5.41) is 8.94. The summed E-state index contributed by atoms with van der Waals surface area (Å²) in [6.45, 7) is 4.62. The number of nitrogens with one attached hydrogen (secondary N) is 1. The fourth-order valence-corrected chi connectivity index (χ4v) is 4.82. The Morgan fingerprint density at radius 1 is 1.52 bits per heavy atom. The summed E-state index contributed by atoms with van der Waals surface area (Å²) >= 11 is 5.78. The minimum atomic E-state index is 0.342. The van der Waals surface area contributed by atoms with Gasteiger partial charge in [0.05, 0.1) is 35.6 Å². The van der Waals surface area contributed by atoms with Crippen LogP contribution in [0.2, 0.25) is 0 Å². The van der Waals surface area contributed by atoms with Crippen LogP contribution in [0.4, 0.5) is 0 Å². The first-order valence-corrected chi connectivity index (χ1v) is 9.65. The molecule has 0 aliphatic heterocycles. The Hall–Kier alpha value is -0.0400. The molecule has 1 aliphatic rings. The van der Waals surface area contributed by atoms with E-state index in [-0.39, 0.29) is 0 Å². The molecule has 0 bridgehead atoms. The van der Waals surface area contributed by atoms with Crippen molar-refractivity contribution in [1.82, 2.24) is 15.1 Å². The number of aromatic nitrogens is 2. The third-order valence-electron chi connectivity index (χ3n) is 3.92. The molecule has 1 atom stereocenters. The topological polar surface area (TPSA) is 39.1 Å². The number of ether oxygens (including phenoxy) is 1. The molecule has 6 heteroatoms. The normalized spacial score (nSPS) is 17.5. The van der Waals surface area contributed by atoms with E-state index in [1.807, 2.05) is 6.20 Å². The lowest BCUT2D eigenvalue weighted by Gasteiger charge is -2.21. The van der Waals surface area contributed by atoms with E-state index in [9.17, 15) is 0 Å². The molecule has 1 aromatic heterocycles. The number of rotatable bonds is 9. The zero-order chi connectivity index (χ0) is 15.1. The van der Waals surface area contributed by atoms with Crippen LogP contribution in [0, 0.1) is 0 Å². The minimum Gasteiger partial charge on any atom is -0.383 e. The average molecular weight is 376 g/mol. The van der Waals surface area contributed by atoms with Crippen LogP contribution in [0.3, 0.4) is 0 Å². The summed E-state index contributed by atoms with van der Waals surface area (Å²) in [7, 11) is 1.73. The van der Waals surface area contributed by atoms with Gasteiger partial charge < -0.3 is 10.1 Å². The molecule has 1 fully saturated rings. The molecule has 1 aliphatic carbocycles. The van der Waals surface area contributed by atoms with Gasteiger partial charge in [-0.05, 0) is 35.3 Å². The van der Waals surface area contributed by atoms with E-state index in [2.05, 4.69) is 49.7 Å². The highest BCUT2D eigenvalue weighted by atomic mass is 79.9. The van der Waals surface area contributed by atoms with Gasteiger partial charge in [-0.2, -0.15) is 16.9 Å². The highest BCUT2D eigenvalue weighted by Crippen LogP contribution is 2.33. The molecule has 0 spiro atoms. The van der Waals surface area contributed by atoms with Crippen molar-refractivity contribution in [2.45, 2.75) is 50.4 Å². The van der Waals surface area contributed by atoms with Crippen molar-refractivity contribution < 1.29 is 4.74 Å². The van der Waals surface area contributed by atoms with Gasteiger partial charge in [0, 0.05) is 18.1 Å². The molecule has 1 aromatic rings. The van der Waals surface area contributed by atoms with Crippen LogP contribution in [-0.4, -0.2) is 41.0 Å². The third kappa shape index (κ3) is 4.98. The van der Waals surface area contributed by atoms with Crippen LogP contribution in [0.1, 0.15) is 44.3 Å². The van der Waals surface area contributed by atoms with Gasteiger partial charge in [0.2, 0.25) is 0 Å². The lowest BCUT2D eigenvalue weighted by atomic mass is 10.2. The van der Waals surface area contributed by atoms with Crippen LogP contribution < -0.4 is 5.32 Å². The van der Waals surface area contributed by atoms with Crippen LogP contribution >= 0.6 is 27.7 Å². The second kappa shape index (κ2) is 9.18. The smallest absolute Gasteiger partial charge is 0.0705 e. The first-order valence-electron chi connectivity index (χ1n) is 7.81. The summed E-state index contributed by atoms with van der Waals surface area (Å²) < 4.78 is 8.35. The molecule has 0 radical (unpaired) electrons. The van der Waals surface area contributed by atoms with Crippen molar-refractivity contribution >= 4 is 27.7 Å². The quantitative estimate of drug-likeness (QED) is 0.715. The van der Waals surface area contributed by atoms with Crippen LogP contribution in [0.15, 0.2) is 10.7 Å². The van der Waals surface area contributed by atoms with Gasteiger partial charge in [-0.1, -0.05) is 19.8 Å². The van der Waals surface area contributed by atoms with Crippen LogP contribution in [0.25, 0.3) is 0 Å². The minimum absolute atomic E-state index is 0.342. The van der Waals surface area contributed by atoms with Crippen molar-refractivity contribution in [3.05, 3.63) is 16.4 Å². The number of methoxy groups -OCH3 is 1. The van der Waals surface area contributed by atoms with Crippen molar-refractivity contribution in [2.75, 3.05) is 26.0 Å². The van der Waals surface area contributed by atoms with Gasteiger partial charge >= 0.3 is 0 Å². The van der Waals surface area contributed by atoms with E-state index in [1.165, 1.54) is 31.4 Å². The Morgan fingerprint density at radius 2 is 2.29 bits per heavy atom. The average Bonchev–Trinajstić information content (AvgIpc) is 3.11. The zero-order valence-corrected chi connectivity index (χ0v) is 15.4. The summed E-state index contributed by atoms with van der Waals surface area (Å²) in [5.41, 5.74) is 1.25. The lowest BCUT2D eigenvalue weighted by Crippen LogP contribution is -2.27. The van der Waals surface area contributed by atoms with E-state index in [1.54, 1.807) is 7.11 Å². The predicted octanol–water partition coefficient (Wildman–Crippen LogP) is 3.62. The third-order valence-corrected chi connectivity index (χ3v) is 6.00. The Morgan fingerprint density at radius 3 is 2.95 bits per heavy atom. The summed E-state index contributed by atoms with van der Waals surface area (Å²) in [6.07, 6.45) is 7.47. The first kappa shape index (κ1) is 17.3. The molecule has 0 aromatic carbocycles. The molecule has 21 heavy (non-hydrogen) atoms. The fourth-order valence-electron chi connectivity index (χ4n) is 2.84. The highest BCUT2D eigenvalue weighted by Gasteiger charge is 2.22. The number of nitrogens with zero attached hydrogens (tertiary/aromatic N) is 2. The van der Waals surface area contributed by atoms with E-state index in [0.29, 0.717) is 12.6 Å². The SMILES string of the molecule is CCNC(CSC1CCCC1)c1c(Br)cnn1CCOC. The number of hydrogen-bond donors (Lipinski definition) is 1. The molecule has 120 valence electrons. The fraction of sp³-hybridized carbons (Fsp3) is 0.800. The Balaban J connectivity index is 2.03. The van der Waals surface area contributed by atoms with Gasteiger partial charge in [-0.15, -0.1) is 0 Å². The van der Waals surface area contributed by atoms with Crippen LogP contribution in [0.5, 0.6) is 0 Å². The predicted molar refractivity (Wildman–Crippen MR) is 92.9 cm³/mol. The summed E-state index contributed by atoms with van der Waals surface area (Å²) in [4.78, 5) is 0. The molecule has 4 nitrogen and oxygen atoms in total. The Bertz CT molecular complexity index is 421. The largest absolute Gasteiger partial charge is 0.383 e. The maximum atomic E-state index is 5.19. The number of thioether (sulfide) groups is 1. The molecule has 1 unspecified atom stereocenters. The highest BCUT2D eigenvalue weighted by molar-refractivity contribution is 9.10.